The van der Waals surface area contributed by atoms with E-state index in [9.17, 15) is 4.79 Å². The second-order valence-electron chi connectivity index (χ2n) is 4.60. The van der Waals surface area contributed by atoms with Gasteiger partial charge in [-0.1, -0.05) is 0 Å². The number of fused-ring (bicyclic) bond motifs is 1. The number of halogens is 1. The zero-order chi connectivity index (χ0) is 13.8. The minimum absolute atomic E-state index is 0. The average Bonchev–Trinajstić information content (AvgIpc) is 2.43. The van der Waals surface area contributed by atoms with Crippen LogP contribution in [0, 0.1) is 0 Å². The zero-order valence-corrected chi connectivity index (χ0v) is 12.5. The summed E-state index contributed by atoms with van der Waals surface area (Å²) in [4.78, 5) is 10.7. The molecule has 0 aromatic heterocycles. The molecule has 2 N–H and O–H groups in total. The highest BCUT2D eigenvalue weighted by Crippen LogP contribution is 2.36. The highest BCUT2D eigenvalue weighted by molar-refractivity contribution is 5.85. The number of carboxylic acid groups (broad SMARTS) is 1. The highest BCUT2D eigenvalue weighted by atomic mass is 35.5. The van der Waals surface area contributed by atoms with E-state index in [4.69, 9.17) is 14.6 Å². The normalized spacial score (nSPS) is 16.8. The highest BCUT2D eigenvalue weighted by Gasteiger charge is 2.22. The molecule has 20 heavy (non-hydrogen) atoms. The topological polar surface area (TPSA) is 67.8 Å². The van der Waals surface area contributed by atoms with Gasteiger partial charge in [0, 0.05) is 12.5 Å². The number of aliphatic carboxylic acids is 1. The summed E-state index contributed by atoms with van der Waals surface area (Å²) >= 11 is 0. The predicted molar refractivity (Wildman–Crippen MR) is 78.1 cm³/mol. The molecule has 1 atom stereocenters. The molecule has 1 aliphatic heterocycles. The lowest BCUT2D eigenvalue weighted by Crippen LogP contribution is -2.30. The standard InChI is InChI=1S/C14H19NO4.ClH/c1-18-12-7-9-5-6-15-11(3-4-14(16)17)10(9)8-13(12)19-2;/h7-8,11,15H,3-6H2,1-2H3,(H,16,17);1H. The first-order chi connectivity index (χ1) is 9.15. The molecular weight excluding hydrogens is 282 g/mol. The monoisotopic (exact) mass is 301 g/mol. The van der Waals surface area contributed by atoms with Gasteiger partial charge in [-0.05, 0) is 42.6 Å². The summed E-state index contributed by atoms with van der Waals surface area (Å²) in [5.74, 6) is 0.639. The van der Waals surface area contributed by atoms with Crippen molar-refractivity contribution < 1.29 is 19.4 Å². The first-order valence-electron chi connectivity index (χ1n) is 6.35. The second kappa shape index (κ2) is 7.36. The maximum Gasteiger partial charge on any atom is 0.303 e. The third kappa shape index (κ3) is 3.55. The minimum atomic E-state index is -0.769. The summed E-state index contributed by atoms with van der Waals surface area (Å²) in [5, 5.41) is 12.2. The van der Waals surface area contributed by atoms with E-state index in [1.54, 1.807) is 14.2 Å². The Morgan fingerprint density at radius 2 is 2.00 bits per heavy atom. The van der Waals surface area contributed by atoms with E-state index in [0.717, 1.165) is 24.3 Å². The van der Waals surface area contributed by atoms with Crippen molar-refractivity contribution in [3.63, 3.8) is 0 Å². The minimum Gasteiger partial charge on any atom is -0.493 e. The molecule has 0 amide bonds. The van der Waals surface area contributed by atoms with Crippen LogP contribution >= 0.6 is 12.4 Å². The lowest BCUT2D eigenvalue weighted by Gasteiger charge is -2.27. The fourth-order valence-electron chi connectivity index (χ4n) is 2.49. The molecule has 1 aromatic rings. The molecule has 0 saturated heterocycles. The van der Waals surface area contributed by atoms with Gasteiger partial charge in [0.2, 0.25) is 0 Å². The maximum atomic E-state index is 10.7. The van der Waals surface area contributed by atoms with Crippen LogP contribution in [0.5, 0.6) is 11.5 Å². The third-order valence-corrected chi connectivity index (χ3v) is 3.45. The average molecular weight is 302 g/mol. The smallest absolute Gasteiger partial charge is 0.303 e. The largest absolute Gasteiger partial charge is 0.493 e. The molecule has 6 heteroatoms. The Balaban J connectivity index is 0.00000200. The predicted octanol–water partition coefficient (Wildman–Crippen LogP) is 2.18. The Morgan fingerprint density at radius 1 is 1.35 bits per heavy atom. The second-order valence-corrected chi connectivity index (χ2v) is 4.60. The van der Waals surface area contributed by atoms with Gasteiger partial charge in [-0.3, -0.25) is 4.79 Å². The Morgan fingerprint density at radius 3 is 2.60 bits per heavy atom. The van der Waals surface area contributed by atoms with Crippen LogP contribution < -0.4 is 14.8 Å². The summed E-state index contributed by atoms with van der Waals surface area (Å²) in [6, 6.07) is 4.01. The number of ether oxygens (including phenoxy) is 2. The fourth-order valence-corrected chi connectivity index (χ4v) is 2.49. The Hall–Kier alpha value is -1.46. The van der Waals surface area contributed by atoms with Crippen LogP contribution in [0.2, 0.25) is 0 Å². The lowest BCUT2D eigenvalue weighted by molar-refractivity contribution is -0.137. The first-order valence-corrected chi connectivity index (χ1v) is 6.35. The molecule has 112 valence electrons. The van der Waals surface area contributed by atoms with Gasteiger partial charge in [-0.25, -0.2) is 0 Å². The van der Waals surface area contributed by atoms with E-state index in [1.807, 2.05) is 12.1 Å². The van der Waals surface area contributed by atoms with E-state index < -0.39 is 5.97 Å². The van der Waals surface area contributed by atoms with Gasteiger partial charge in [-0.15, -0.1) is 12.4 Å². The van der Waals surface area contributed by atoms with Crippen molar-refractivity contribution in [1.82, 2.24) is 5.32 Å². The molecule has 0 fully saturated rings. The zero-order valence-electron chi connectivity index (χ0n) is 11.6. The lowest BCUT2D eigenvalue weighted by atomic mass is 9.91. The Bertz CT molecular complexity index is 478. The van der Waals surface area contributed by atoms with Crippen LogP contribution in [0.25, 0.3) is 0 Å². The molecule has 1 heterocycles. The van der Waals surface area contributed by atoms with E-state index >= 15 is 0 Å². The van der Waals surface area contributed by atoms with Gasteiger partial charge in [0.1, 0.15) is 0 Å². The van der Waals surface area contributed by atoms with Crippen molar-refractivity contribution >= 4 is 18.4 Å². The molecule has 0 radical (unpaired) electrons. The summed E-state index contributed by atoms with van der Waals surface area (Å²) in [7, 11) is 3.22. The van der Waals surface area contributed by atoms with Gasteiger partial charge >= 0.3 is 5.97 Å². The van der Waals surface area contributed by atoms with Gasteiger partial charge in [0.25, 0.3) is 0 Å². The van der Waals surface area contributed by atoms with E-state index in [2.05, 4.69) is 5.32 Å². The van der Waals surface area contributed by atoms with Crippen molar-refractivity contribution in [3.8, 4) is 11.5 Å². The van der Waals surface area contributed by atoms with Gasteiger partial charge in [0.15, 0.2) is 11.5 Å². The molecule has 0 saturated carbocycles. The number of benzene rings is 1. The molecule has 0 bridgehead atoms. The van der Waals surface area contributed by atoms with Crippen LogP contribution in [0.1, 0.15) is 30.0 Å². The summed E-state index contributed by atoms with van der Waals surface area (Å²) in [5.41, 5.74) is 2.32. The third-order valence-electron chi connectivity index (χ3n) is 3.45. The quantitative estimate of drug-likeness (QED) is 0.872. The fraction of sp³-hybridized carbons (Fsp3) is 0.500. The molecule has 1 aliphatic rings. The van der Waals surface area contributed by atoms with E-state index in [0.29, 0.717) is 12.2 Å². The SMILES string of the molecule is COc1cc2c(cc1OC)C(CCC(=O)O)NCC2.Cl. The van der Waals surface area contributed by atoms with Crippen LogP contribution in [0.4, 0.5) is 0 Å². The molecule has 0 aliphatic carbocycles. The Kier molecular flexibility index (Phi) is 6.10. The molecule has 1 aromatic carbocycles. The van der Waals surface area contributed by atoms with Gasteiger partial charge < -0.3 is 19.9 Å². The van der Waals surface area contributed by atoms with Gasteiger partial charge in [-0.2, -0.15) is 0 Å². The number of rotatable bonds is 5. The van der Waals surface area contributed by atoms with E-state index in [1.165, 1.54) is 5.56 Å². The molecule has 1 unspecified atom stereocenters. The van der Waals surface area contributed by atoms with Crippen LogP contribution in [0.3, 0.4) is 0 Å². The van der Waals surface area contributed by atoms with Crippen LogP contribution in [-0.4, -0.2) is 31.8 Å². The number of hydrogen-bond donors (Lipinski definition) is 2. The molecule has 2 rings (SSSR count). The first kappa shape index (κ1) is 16.6. The number of carboxylic acids is 1. The molecule has 5 nitrogen and oxygen atoms in total. The molecule has 0 spiro atoms. The maximum absolute atomic E-state index is 10.7. The van der Waals surface area contributed by atoms with Gasteiger partial charge in [0.05, 0.1) is 14.2 Å². The summed E-state index contributed by atoms with van der Waals surface area (Å²) < 4.78 is 10.6. The molecular formula is C14H20ClNO4. The van der Waals surface area contributed by atoms with Crippen molar-refractivity contribution in [2.75, 3.05) is 20.8 Å². The summed E-state index contributed by atoms with van der Waals surface area (Å²) in [6.45, 7) is 0.854. The van der Waals surface area contributed by atoms with Crippen LogP contribution in [0.15, 0.2) is 12.1 Å². The number of carbonyl (C=O) groups is 1. The number of methoxy groups -OCH3 is 2. The summed E-state index contributed by atoms with van der Waals surface area (Å²) in [6.07, 6.45) is 1.66. The number of hydrogen-bond acceptors (Lipinski definition) is 4. The van der Waals surface area contributed by atoms with Crippen molar-refractivity contribution in [1.29, 1.82) is 0 Å². The van der Waals surface area contributed by atoms with E-state index in [-0.39, 0.29) is 24.9 Å². The van der Waals surface area contributed by atoms with Crippen molar-refractivity contribution in [2.45, 2.75) is 25.3 Å². The van der Waals surface area contributed by atoms with Crippen molar-refractivity contribution in [3.05, 3.63) is 23.3 Å². The number of nitrogens with one attached hydrogen (secondary N) is 1. The Labute approximate surface area is 124 Å². The van der Waals surface area contributed by atoms with Crippen molar-refractivity contribution in [2.24, 2.45) is 0 Å². The van der Waals surface area contributed by atoms with Crippen LogP contribution in [-0.2, 0) is 11.2 Å².